The van der Waals surface area contributed by atoms with Gasteiger partial charge in [0.05, 0.1) is 12.0 Å². The summed E-state index contributed by atoms with van der Waals surface area (Å²) in [4.78, 5) is 18.7. The largest absolute Gasteiger partial charge is 0.477 e. The minimum atomic E-state index is -0.990. The van der Waals surface area contributed by atoms with Crippen LogP contribution in [0.15, 0.2) is 97.5 Å². The average Bonchev–Trinajstić information content (AvgIpc) is 3.43. The summed E-state index contributed by atoms with van der Waals surface area (Å²) in [5, 5.41) is 13.1. The number of fused-ring (bicyclic) bond motifs is 6. The molecule has 0 amide bonds. The summed E-state index contributed by atoms with van der Waals surface area (Å²) in [5.74, 6) is -0.990. The van der Waals surface area contributed by atoms with Gasteiger partial charge in [0.25, 0.3) is 0 Å². The van der Waals surface area contributed by atoms with Crippen molar-refractivity contribution in [1.82, 2.24) is 14.5 Å². The number of imidazole rings is 1. The topological polar surface area (TPSA) is 68.0 Å². The molecular formula is C38H32IrN3O2-. The molecule has 6 heteroatoms. The van der Waals surface area contributed by atoms with Gasteiger partial charge in [0.2, 0.25) is 0 Å². The summed E-state index contributed by atoms with van der Waals surface area (Å²) in [6.07, 6.45) is 3.43. The number of aromatic carboxylic acids is 1. The van der Waals surface area contributed by atoms with Gasteiger partial charge in [0.1, 0.15) is 5.69 Å². The zero-order valence-corrected chi connectivity index (χ0v) is 27.7. The fourth-order valence-electron chi connectivity index (χ4n) is 6.12. The Hall–Kier alpha value is -4.64. The molecule has 7 aromatic rings. The predicted molar refractivity (Wildman–Crippen MR) is 175 cm³/mol. The number of hydrogen-bond acceptors (Lipinski definition) is 3. The Kier molecular flexibility index (Phi) is 8.77. The van der Waals surface area contributed by atoms with Crippen LogP contribution in [0.1, 0.15) is 38.3 Å². The Bertz CT molecular complexity index is 2130. The van der Waals surface area contributed by atoms with Gasteiger partial charge in [-0.15, -0.1) is 23.6 Å². The molecule has 0 atom stereocenters. The van der Waals surface area contributed by atoms with E-state index in [-0.39, 0.29) is 25.8 Å². The maximum Gasteiger partial charge on any atom is 0.354 e. The number of hydrogen-bond donors (Lipinski definition) is 1. The SMILES string of the molecule is Cc1ccc2c(c1)c1c(-c3c(C)cccc3C)cc[c-]c1c1ncn(-c3c(C)cccc3C)c21.O=C(O)c1ccccn1.[Ir]. The number of nitrogens with zero attached hydrogens (tertiary/aromatic N) is 3. The van der Waals surface area contributed by atoms with Crippen molar-refractivity contribution >= 4 is 38.5 Å². The van der Waals surface area contributed by atoms with Crippen molar-refractivity contribution in [2.24, 2.45) is 0 Å². The van der Waals surface area contributed by atoms with Crippen LogP contribution in [0.2, 0.25) is 0 Å². The molecule has 1 radical (unpaired) electrons. The summed E-state index contributed by atoms with van der Waals surface area (Å²) in [6.45, 7) is 10.9. The number of rotatable bonds is 3. The van der Waals surface area contributed by atoms with E-state index in [1.54, 1.807) is 12.1 Å². The molecule has 0 saturated heterocycles. The molecule has 0 aliphatic rings. The van der Waals surface area contributed by atoms with E-state index in [2.05, 4.69) is 117 Å². The van der Waals surface area contributed by atoms with E-state index in [0.29, 0.717) is 0 Å². The van der Waals surface area contributed by atoms with Gasteiger partial charge in [-0.3, -0.25) is 4.98 Å². The van der Waals surface area contributed by atoms with Crippen molar-refractivity contribution < 1.29 is 30.0 Å². The summed E-state index contributed by atoms with van der Waals surface area (Å²) in [6, 6.07) is 32.4. The first-order valence-electron chi connectivity index (χ1n) is 14.3. The summed E-state index contributed by atoms with van der Waals surface area (Å²) >= 11 is 0. The molecule has 0 aliphatic heterocycles. The number of carboxylic acids is 1. The number of aryl methyl sites for hydroxylation is 5. The number of pyridine rings is 1. The van der Waals surface area contributed by atoms with Crippen molar-refractivity contribution in [1.29, 1.82) is 0 Å². The van der Waals surface area contributed by atoms with Gasteiger partial charge < -0.3 is 9.67 Å². The van der Waals surface area contributed by atoms with Crippen molar-refractivity contribution in [3.05, 3.63) is 137 Å². The third kappa shape index (κ3) is 5.43. The molecule has 0 aliphatic carbocycles. The first-order chi connectivity index (χ1) is 20.8. The standard InChI is InChI=1S/C32H27N2.C6H5NO2.Ir/c1-19-15-16-24-27(17-19)29-25(28-20(2)9-6-10-21(28)3)13-8-14-26(29)30-32(24)34(18-33-30)31-22(4)11-7-12-23(31)5;8-6(9)5-3-1-2-4-7-5;/h6-13,15-18H,1-5H3;1-4H,(H,8,9);/q-1;;. The van der Waals surface area contributed by atoms with Crippen LogP contribution in [-0.2, 0) is 20.1 Å². The van der Waals surface area contributed by atoms with Crippen molar-refractivity contribution in [3.8, 4) is 16.8 Å². The molecule has 0 saturated carbocycles. The van der Waals surface area contributed by atoms with E-state index in [9.17, 15) is 4.79 Å². The van der Waals surface area contributed by atoms with Gasteiger partial charge in [-0.2, -0.15) is 0 Å². The first kappa shape index (κ1) is 30.8. The zero-order chi connectivity index (χ0) is 30.2. The van der Waals surface area contributed by atoms with E-state index in [4.69, 9.17) is 10.1 Å². The first-order valence-corrected chi connectivity index (χ1v) is 14.3. The maximum atomic E-state index is 10.1. The molecule has 2 heterocycles. The zero-order valence-electron chi connectivity index (χ0n) is 25.3. The molecule has 5 nitrogen and oxygen atoms in total. The van der Waals surface area contributed by atoms with E-state index in [1.165, 1.54) is 73.1 Å². The minimum absolute atomic E-state index is 0. The fourth-order valence-corrected chi connectivity index (χ4v) is 6.12. The second-order valence-corrected chi connectivity index (χ2v) is 11.0. The Labute approximate surface area is 270 Å². The Morgan fingerprint density at radius 3 is 2.07 bits per heavy atom. The molecule has 0 spiro atoms. The van der Waals surface area contributed by atoms with Crippen LogP contribution in [0, 0.1) is 40.7 Å². The monoisotopic (exact) mass is 755 g/mol. The average molecular weight is 755 g/mol. The van der Waals surface area contributed by atoms with Crippen LogP contribution in [-0.4, -0.2) is 25.6 Å². The van der Waals surface area contributed by atoms with Crippen LogP contribution in [0.3, 0.4) is 0 Å². The fraction of sp³-hybridized carbons (Fsp3) is 0.132. The molecular weight excluding hydrogens is 723 g/mol. The smallest absolute Gasteiger partial charge is 0.354 e. The van der Waals surface area contributed by atoms with Crippen LogP contribution in [0.25, 0.3) is 49.4 Å². The van der Waals surface area contributed by atoms with Crippen LogP contribution >= 0.6 is 0 Å². The molecule has 0 unspecified atom stereocenters. The van der Waals surface area contributed by atoms with Gasteiger partial charge >= 0.3 is 5.97 Å². The summed E-state index contributed by atoms with van der Waals surface area (Å²) < 4.78 is 2.27. The number of para-hydroxylation sites is 1. The number of aromatic nitrogens is 3. The molecule has 5 aromatic carbocycles. The molecule has 44 heavy (non-hydrogen) atoms. The number of carboxylic acid groups (broad SMARTS) is 1. The second kappa shape index (κ2) is 12.5. The molecule has 221 valence electrons. The Morgan fingerprint density at radius 2 is 1.45 bits per heavy atom. The van der Waals surface area contributed by atoms with Gasteiger partial charge in [0.15, 0.2) is 0 Å². The molecule has 0 fully saturated rings. The minimum Gasteiger partial charge on any atom is -0.477 e. The van der Waals surface area contributed by atoms with Gasteiger partial charge in [-0.25, -0.2) is 9.78 Å². The number of benzene rings is 5. The van der Waals surface area contributed by atoms with E-state index in [1.807, 2.05) is 6.33 Å². The predicted octanol–water partition coefficient (Wildman–Crippen LogP) is 9.12. The van der Waals surface area contributed by atoms with Crippen molar-refractivity contribution in [2.45, 2.75) is 34.6 Å². The molecule has 1 N–H and O–H groups in total. The number of carbonyl (C=O) groups is 1. The van der Waals surface area contributed by atoms with E-state index < -0.39 is 5.97 Å². The molecule has 2 aromatic heterocycles. The van der Waals surface area contributed by atoms with Gasteiger partial charge in [0, 0.05) is 37.3 Å². The van der Waals surface area contributed by atoms with Crippen molar-refractivity contribution in [2.75, 3.05) is 0 Å². The van der Waals surface area contributed by atoms with Gasteiger partial charge in [-0.05, 0) is 80.0 Å². The maximum absolute atomic E-state index is 10.1. The second-order valence-electron chi connectivity index (χ2n) is 11.0. The van der Waals surface area contributed by atoms with Gasteiger partial charge in [-0.1, -0.05) is 82.6 Å². The summed E-state index contributed by atoms with van der Waals surface area (Å²) in [7, 11) is 0. The van der Waals surface area contributed by atoms with E-state index >= 15 is 0 Å². The van der Waals surface area contributed by atoms with Crippen LogP contribution in [0.4, 0.5) is 0 Å². The van der Waals surface area contributed by atoms with Crippen molar-refractivity contribution in [3.63, 3.8) is 0 Å². The third-order valence-electron chi connectivity index (χ3n) is 8.02. The Morgan fingerprint density at radius 1 is 0.773 bits per heavy atom. The molecule has 7 rings (SSSR count). The molecule has 0 bridgehead atoms. The van der Waals surface area contributed by atoms with Crippen LogP contribution < -0.4 is 0 Å². The normalized spacial score (nSPS) is 10.8. The third-order valence-corrected chi connectivity index (χ3v) is 8.02. The Balaban J connectivity index is 0.000000333. The quantitative estimate of drug-likeness (QED) is 0.144. The van der Waals surface area contributed by atoms with Crippen LogP contribution in [0.5, 0.6) is 0 Å². The van der Waals surface area contributed by atoms with E-state index in [0.717, 1.165) is 16.4 Å². The summed E-state index contributed by atoms with van der Waals surface area (Å²) in [5.41, 5.74) is 12.3.